The summed E-state index contributed by atoms with van der Waals surface area (Å²) >= 11 is 0. The summed E-state index contributed by atoms with van der Waals surface area (Å²) in [6, 6.07) is 7.06. The zero-order valence-electron chi connectivity index (χ0n) is 13.7. The van der Waals surface area contributed by atoms with Gasteiger partial charge in [-0.15, -0.1) is 0 Å². The topological polar surface area (TPSA) is 108 Å². The van der Waals surface area contributed by atoms with Crippen LogP contribution >= 0.6 is 0 Å². The molecule has 0 saturated carbocycles. The number of fused-ring (bicyclic) bond motifs is 1. The number of aromatic nitrogens is 2. The Morgan fingerprint density at radius 3 is 2.76 bits per heavy atom. The molecule has 9 heteroatoms. The molecule has 0 atom stereocenters. The van der Waals surface area contributed by atoms with E-state index < -0.39 is 11.2 Å². The largest absolute Gasteiger partial charge is 0.492 e. The lowest BCUT2D eigenvalue weighted by Gasteiger charge is -2.14. The Balaban J connectivity index is 1.68. The van der Waals surface area contributed by atoms with Gasteiger partial charge in [-0.3, -0.25) is 13.9 Å². The molecule has 1 N–H and O–H groups in total. The van der Waals surface area contributed by atoms with Crippen molar-refractivity contribution in [3.05, 3.63) is 44.6 Å². The summed E-state index contributed by atoms with van der Waals surface area (Å²) in [5.41, 5.74) is -1.26. The zero-order chi connectivity index (χ0) is 18.0. The van der Waals surface area contributed by atoms with E-state index in [1.54, 1.807) is 18.2 Å². The van der Waals surface area contributed by atoms with Gasteiger partial charge in [0.2, 0.25) is 6.79 Å². The van der Waals surface area contributed by atoms with Crippen molar-refractivity contribution in [2.24, 2.45) is 14.1 Å². The highest BCUT2D eigenvalue weighted by Gasteiger charge is 2.15. The fourth-order valence-electron chi connectivity index (χ4n) is 2.46. The minimum atomic E-state index is -0.634. The van der Waals surface area contributed by atoms with Gasteiger partial charge in [-0.05, 0) is 12.1 Å². The van der Waals surface area contributed by atoms with Crippen molar-refractivity contribution in [3.63, 3.8) is 0 Å². The van der Waals surface area contributed by atoms with Gasteiger partial charge in [0.1, 0.15) is 24.2 Å². The van der Waals surface area contributed by atoms with Crippen LogP contribution in [0.5, 0.6) is 17.2 Å². The lowest BCUT2D eigenvalue weighted by atomic mass is 10.3. The van der Waals surface area contributed by atoms with E-state index in [1.165, 1.54) is 18.7 Å². The van der Waals surface area contributed by atoms with Gasteiger partial charge < -0.3 is 19.5 Å². The van der Waals surface area contributed by atoms with Gasteiger partial charge in [0.05, 0.1) is 6.54 Å². The first-order valence-corrected chi connectivity index (χ1v) is 7.49. The molecule has 1 aliphatic rings. The van der Waals surface area contributed by atoms with E-state index in [-0.39, 0.29) is 24.8 Å². The molecule has 0 unspecified atom stereocenters. The number of anilines is 1. The van der Waals surface area contributed by atoms with Crippen LogP contribution in [0.1, 0.15) is 5.56 Å². The monoisotopic (exact) mass is 344 g/mol. The first-order chi connectivity index (χ1) is 12.0. The maximum absolute atomic E-state index is 12.0. The van der Waals surface area contributed by atoms with Gasteiger partial charge in [0.25, 0.3) is 5.56 Å². The molecule has 1 aromatic carbocycles. The van der Waals surface area contributed by atoms with Crippen LogP contribution in [0.3, 0.4) is 0 Å². The van der Waals surface area contributed by atoms with Gasteiger partial charge in [0, 0.05) is 20.2 Å². The second kappa shape index (κ2) is 6.60. The number of nitriles is 1. The molecule has 1 aromatic heterocycles. The number of hydrogen-bond acceptors (Lipinski definition) is 7. The third-order valence-corrected chi connectivity index (χ3v) is 3.78. The maximum Gasteiger partial charge on any atom is 0.332 e. The molecule has 25 heavy (non-hydrogen) atoms. The molecule has 3 rings (SSSR count). The number of ether oxygens (including phenoxy) is 3. The van der Waals surface area contributed by atoms with Crippen LogP contribution in [0.2, 0.25) is 0 Å². The van der Waals surface area contributed by atoms with Crippen molar-refractivity contribution in [2.75, 3.05) is 25.3 Å². The summed E-state index contributed by atoms with van der Waals surface area (Å²) in [5, 5.41) is 12.1. The van der Waals surface area contributed by atoms with Crippen LogP contribution in [0.25, 0.3) is 0 Å². The first-order valence-electron chi connectivity index (χ1n) is 7.49. The van der Waals surface area contributed by atoms with E-state index in [9.17, 15) is 14.9 Å². The predicted octanol–water partition coefficient (Wildman–Crippen LogP) is 0.175. The molecule has 0 aliphatic carbocycles. The molecule has 0 spiro atoms. The SMILES string of the molecule is Cn1c(NCCOc2ccc3c(c2)OCO3)c(C#N)c(=O)n(C)c1=O. The Morgan fingerprint density at radius 1 is 1.24 bits per heavy atom. The van der Waals surface area contributed by atoms with Crippen molar-refractivity contribution < 1.29 is 14.2 Å². The average molecular weight is 344 g/mol. The quantitative estimate of drug-likeness (QED) is 0.771. The molecule has 9 nitrogen and oxygen atoms in total. The highest BCUT2D eigenvalue weighted by Crippen LogP contribution is 2.34. The fraction of sp³-hybridized carbons (Fsp3) is 0.312. The van der Waals surface area contributed by atoms with Gasteiger partial charge in [-0.2, -0.15) is 5.26 Å². The molecule has 0 bridgehead atoms. The Kier molecular flexibility index (Phi) is 4.35. The summed E-state index contributed by atoms with van der Waals surface area (Å²) in [6.07, 6.45) is 0. The molecular formula is C16H16N4O5. The normalized spacial score (nSPS) is 11.9. The molecule has 2 aromatic rings. The van der Waals surface area contributed by atoms with E-state index in [2.05, 4.69) is 5.32 Å². The molecule has 0 radical (unpaired) electrons. The van der Waals surface area contributed by atoms with Crippen LogP contribution in [0, 0.1) is 11.3 Å². The van der Waals surface area contributed by atoms with E-state index in [0.717, 1.165) is 4.57 Å². The molecule has 2 heterocycles. The van der Waals surface area contributed by atoms with E-state index in [4.69, 9.17) is 14.2 Å². The standard InChI is InChI=1S/C16H16N4O5/c1-19-14(11(8-17)15(21)20(2)16(19)22)18-5-6-23-10-3-4-12-13(7-10)25-9-24-12/h3-4,7,18H,5-6,9H2,1-2H3. The Labute approximate surface area is 142 Å². The molecule has 130 valence electrons. The van der Waals surface area contributed by atoms with Crippen molar-refractivity contribution in [2.45, 2.75) is 0 Å². The highest BCUT2D eigenvalue weighted by molar-refractivity contribution is 5.51. The minimum absolute atomic E-state index is 0.118. The number of nitrogens with one attached hydrogen (secondary N) is 1. The number of benzene rings is 1. The second-order valence-electron chi connectivity index (χ2n) is 5.33. The molecule has 0 amide bonds. The van der Waals surface area contributed by atoms with Gasteiger partial charge in [-0.1, -0.05) is 0 Å². The van der Waals surface area contributed by atoms with Crippen molar-refractivity contribution in [3.8, 4) is 23.3 Å². The molecular weight excluding hydrogens is 328 g/mol. The summed E-state index contributed by atoms with van der Waals surface area (Å²) in [4.78, 5) is 23.9. The van der Waals surface area contributed by atoms with Crippen LogP contribution in [-0.2, 0) is 14.1 Å². The summed E-state index contributed by atoms with van der Waals surface area (Å²) in [5.74, 6) is 2.06. The molecule has 1 aliphatic heterocycles. The molecule has 0 fully saturated rings. The van der Waals surface area contributed by atoms with E-state index in [0.29, 0.717) is 23.8 Å². The average Bonchev–Trinajstić information content (AvgIpc) is 3.08. The summed E-state index contributed by atoms with van der Waals surface area (Å²) in [7, 11) is 2.82. The van der Waals surface area contributed by atoms with Crippen LogP contribution in [0.15, 0.2) is 27.8 Å². The Hall–Kier alpha value is -3.41. The Bertz CT molecular complexity index is 970. The number of rotatable bonds is 5. The Morgan fingerprint density at radius 2 is 2.00 bits per heavy atom. The maximum atomic E-state index is 12.0. The second-order valence-corrected chi connectivity index (χ2v) is 5.33. The van der Waals surface area contributed by atoms with Crippen molar-refractivity contribution >= 4 is 5.82 Å². The highest BCUT2D eigenvalue weighted by atomic mass is 16.7. The van der Waals surface area contributed by atoms with Gasteiger partial charge in [0.15, 0.2) is 17.1 Å². The van der Waals surface area contributed by atoms with Gasteiger partial charge >= 0.3 is 5.69 Å². The minimum Gasteiger partial charge on any atom is -0.492 e. The van der Waals surface area contributed by atoms with Crippen LogP contribution < -0.4 is 30.8 Å². The van der Waals surface area contributed by atoms with Crippen molar-refractivity contribution in [1.82, 2.24) is 9.13 Å². The van der Waals surface area contributed by atoms with Crippen LogP contribution in [0.4, 0.5) is 5.82 Å². The third kappa shape index (κ3) is 3.01. The first kappa shape index (κ1) is 16.4. The number of nitrogens with zero attached hydrogens (tertiary/aromatic N) is 3. The molecule has 0 saturated heterocycles. The smallest absolute Gasteiger partial charge is 0.332 e. The van der Waals surface area contributed by atoms with Crippen molar-refractivity contribution in [1.29, 1.82) is 5.26 Å². The predicted molar refractivity (Wildman–Crippen MR) is 88.2 cm³/mol. The number of hydrogen-bond donors (Lipinski definition) is 1. The lowest BCUT2D eigenvalue weighted by molar-refractivity contribution is 0.174. The van der Waals surface area contributed by atoms with E-state index >= 15 is 0 Å². The summed E-state index contributed by atoms with van der Waals surface area (Å²) < 4.78 is 18.2. The lowest BCUT2D eigenvalue weighted by Crippen LogP contribution is -2.40. The fourth-order valence-corrected chi connectivity index (χ4v) is 2.46. The van der Waals surface area contributed by atoms with E-state index in [1.807, 2.05) is 6.07 Å². The third-order valence-electron chi connectivity index (χ3n) is 3.78. The van der Waals surface area contributed by atoms with Gasteiger partial charge in [-0.25, -0.2) is 4.79 Å². The van der Waals surface area contributed by atoms with Crippen LogP contribution in [-0.4, -0.2) is 29.1 Å². The zero-order valence-corrected chi connectivity index (χ0v) is 13.7. The summed E-state index contributed by atoms with van der Waals surface area (Å²) in [6.45, 7) is 0.742.